The molecule has 0 aliphatic carbocycles. The first-order valence-electron chi connectivity index (χ1n) is 7.44. The highest BCUT2D eigenvalue weighted by Gasteiger charge is 2.15. The smallest absolute Gasteiger partial charge is 0.188 e. The van der Waals surface area contributed by atoms with Crippen molar-refractivity contribution < 1.29 is 0 Å². The Balaban J connectivity index is 1.65. The minimum absolute atomic E-state index is 0.896. The molecule has 2 aromatic carbocycles. The Morgan fingerprint density at radius 3 is 3.00 bits per heavy atom. The average Bonchev–Trinajstić information content (AvgIpc) is 2.96. The number of nitrogens with one attached hydrogen (secondary N) is 2. The van der Waals surface area contributed by atoms with E-state index in [9.17, 15) is 0 Å². The minimum atomic E-state index is 0.896. The van der Waals surface area contributed by atoms with E-state index < -0.39 is 0 Å². The monoisotopic (exact) mass is 307 g/mol. The van der Waals surface area contributed by atoms with Gasteiger partial charge in [-0.05, 0) is 36.2 Å². The quantitative estimate of drug-likeness (QED) is 0.767. The van der Waals surface area contributed by atoms with Gasteiger partial charge in [0.25, 0.3) is 0 Å². The fraction of sp³-hybridized carbons (Fsp3) is 0.167. The summed E-state index contributed by atoms with van der Waals surface area (Å²) in [6, 6.07) is 14.6. The van der Waals surface area contributed by atoms with Gasteiger partial charge in [-0.25, -0.2) is 4.98 Å². The van der Waals surface area contributed by atoms with E-state index in [1.54, 1.807) is 11.3 Å². The van der Waals surface area contributed by atoms with E-state index in [1.807, 2.05) is 18.2 Å². The van der Waals surface area contributed by atoms with Crippen molar-refractivity contribution in [3.63, 3.8) is 0 Å². The van der Waals surface area contributed by atoms with Crippen molar-refractivity contribution in [3.8, 4) is 0 Å². The number of thiazole rings is 1. The molecule has 0 saturated carbocycles. The van der Waals surface area contributed by atoms with Crippen LogP contribution in [0.25, 0.3) is 15.9 Å². The first-order valence-corrected chi connectivity index (χ1v) is 8.26. The molecule has 1 aliphatic heterocycles. The number of benzene rings is 2. The Morgan fingerprint density at radius 2 is 2.09 bits per heavy atom. The molecule has 1 aromatic heterocycles. The van der Waals surface area contributed by atoms with Crippen molar-refractivity contribution in [2.24, 2.45) is 0 Å². The van der Waals surface area contributed by atoms with Gasteiger partial charge in [-0.1, -0.05) is 48.2 Å². The van der Waals surface area contributed by atoms with E-state index in [4.69, 9.17) is 0 Å². The highest BCUT2D eigenvalue weighted by Crippen LogP contribution is 2.30. The van der Waals surface area contributed by atoms with Crippen LogP contribution in [0.5, 0.6) is 0 Å². The molecule has 0 fully saturated rings. The van der Waals surface area contributed by atoms with E-state index in [0.717, 1.165) is 35.9 Å². The van der Waals surface area contributed by atoms with E-state index in [1.165, 1.54) is 21.4 Å². The number of hydrogen-bond donors (Lipinski definition) is 2. The predicted molar refractivity (Wildman–Crippen MR) is 94.1 cm³/mol. The molecular formula is C18H17N3S. The first kappa shape index (κ1) is 13.5. The predicted octanol–water partition coefficient (Wildman–Crippen LogP) is 4.02. The number of anilines is 1. The summed E-state index contributed by atoms with van der Waals surface area (Å²) < 4.78 is 1.19. The lowest BCUT2D eigenvalue weighted by Crippen LogP contribution is -2.25. The van der Waals surface area contributed by atoms with Crippen LogP contribution in [-0.4, -0.2) is 11.5 Å². The van der Waals surface area contributed by atoms with Crippen molar-refractivity contribution in [2.75, 3.05) is 11.9 Å². The van der Waals surface area contributed by atoms with Gasteiger partial charge in [-0.3, -0.25) is 0 Å². The van der Waals surface area contributed by atoms with Crippen molar-refractivity contribution >= 4 is 32.4 Å². The summed E-state index contributed by atoms with van der Waals surface area (Å²) in [4.78, 5) is 4.62. The molecule has 4 rings (SSSR count). The summed E-state index contributed by atoms with van der Waals surface area (Å²) in [6.07, 6.45) is 1.08. The Kier molecular flexibility index (Phi) is 3.41. The molecule has 1 aliphatic rings. The summed E-state index contributed by atoms with van der Waals surface area (Å²) in [5, 5.41) is 7.72. The van der Waals surface area contributed by atoms with E-state index in [-0.39, 0.29) is 0 Å². The van der Waals surface area contributed by atoms with Gasteiger partial charge < -0.3 is 10.6 Å². The van der Waals surface area contributed by atoms with Gasteiger partial charge in [0.15, 0.2) is 5.13 Å². The van der Waals surface area contributed by atoms with Crippen molar-refractivity contribution in [2.45, 2.75) is 13.0 Å². The molecule has 3 aromatic rings. The fourth-order valence-corrected chi connectivity index (χ4v) is 3.81. The van der Waals surface area contributed by atoms with Crippen LogP contribution in [0.2, 0.25) is 0 Å². The van der Waals surface area contributed by atoms with E-state index in [2.05, 4.69) is 46.5 Å². The van der Waals surface area contributed by atoms with Crippen LogP contribution >= 0.6 is 11.3 Å². The summed E-state index contributed by atoms with van der Waals surface area (Å²) >= 11 is 1.66. The number of fused-ring (bicyclic) bond motifs is 2. The lowest BCUT2D eigenvalue weighted by atomic mass is 9.95. The molecule has 0 amide bonds. The third-order valence-corrected chi connectivity index (χ3v) is 4.97. The molecule has 0 bridgehead atoms. The lowest BCUT2D eigenvalue weighted by Gasteiger charge is -2.21. The van der Waals surface area contributed by atoms with Crippen LogP contribution in [0.3, 0.4) is 0 Å². The number of hydrogen-bond acceptors (Lipinski definition) is 4. The molecule has 0 atom stereocenters. The second-order valence-corrected chi connectivity index (χ2v) is 6.49. The molecular weight excluding hydrogens is 290 g/mol. The second-order valence-electron chi connectivity index (χ2n) is 5.46. The molecule has 0 spiro atoms. The van der Waals surface area contributed by atoms with Crippen molar-refractivity contribution in [1.82, 2.24) is 10.3 Å². The average molecular weight is 307 g/mol. The molecule has 0 saturated heterocycles. The molecule has 0 radical (unpaired) electrons. The van der Waals surface area contributed by atoms with Crippen LogP contribution in [0.15, 0.2) is 49.0 Å². The van der Waals surface area contributed by atoms with Gasteiger partial charge >= 0.3 is 0 Å². The molecule has 22 heavy (non-hydrogen) atoms. The lowest BCUT2D eigenvalue weighted by molar-refractivity contribution is 0.642. The van der Waals surface area contributed by atoms with Crippen LogP contribution in [-0.2, 0) is 13.0 Å². The van der Waals surface area contributed by atoms with Crippen molar-refractivity contribution in [1.29, 1.82) is 0 Å². The second kappa shape index (κ2) is 5.55. The number of rotatable bonds is 3. The zero-order chi connectivity index (χ0) is 14.9. The highest BCUT2D eigenvalue weighted by molar-refractivity contribution is 7.22. The topological polar surface area (TPSA) is 37.0 Å². The molecule has 110 valence electrons. The van der Waals surface area contributed by atoms with Gasteiger partial charge in [0, 0.05) is 17.8 Å². The normalized spacial score (nSPS) is 13.8. The third kappa shape index (κ3) is 2.40. The molecule has 0 unspecified atom stereocenters. The highest BCUT2D eigenvalue weighted by atomic mass is 32.1. The summed E-state index contributed by atoms with van der Waals surface area (Å²) in [7, 11) is 0. The number of para-hydroxylation sites is 1. The Bertz CT molecular complexity index is 817. The third-order valence-electron chi connectivity index (χ3n) is 4.02. The first-order chi connectivity index (χ1) is 10.8. The van der Waals surface area contributed by atoms with E-state index in [0.29, 0.717) is 0 Å². The van der Waals surface area contributed by atoms with Gasteiger partial charge in [-0.2, -0.15) is 0 Å². The van der Waals surface area contributed by atoms with Crippen LogP contribution < -0.4 is 10.6 Å². The van der Waals surface area contributed by atoms with Gasteiger partial charge in [-0.15, -0.1) is 0 Å². The largest absolute Gasteiger partial charge is 0.332 e. The fourth-order valence-electron chi connectivity index (χ4n) is 2.92. The summed E-state index contributed by atoms with van der Waals surface area (Å²) in [6.45, 7) is 6.18. The van der Waals surface area contributed by atoms with Crippen LogP contribution in [0, 0.1) is 0 Å². The number of nitrogens with zero attached hydrogens (tertiary/aromatic N) is 1. The molecule has 4 heteroatoms. The minimum Gasteiger partial charge on any atom is -0.332 e. The van der Waals surface area contributed by atoms with Crippen LogP contribution in [0.1, 0.15) is 16.7 Å². The summed E-state index contributed by atoms with van der Waals surface area (Å²) in [5.74, 6) is 0. The van der Waals surface area contributed by atoms with Gasteiger partial charge in [0.2, 0.25) is 0 Å². The zero-order valence-electron chi connectivity index (χ0n) is 12.2. The van der Waals surface area contributed by atoms with Gasteiger partial charge in [0.05, 0.1) is 10.2 Å². The van der Waals surface area contributed by atoms with Gasteiger partial charge in [0.1, 0.15) is 0 Å². The Labute approximate surface area is 133 Å². The molecule has 3 nitrogen and oxygen atoms in total. The van der Waals surface area contributed by atoms with Crippen molar-refractivity contribution in [3.05, 3.63) is 65.7 Å². The maximum absolute atomic E-state index is 4.62. The maximum Gasteiger partial charge on any atom is 0.188 e. The number of aromatic nitrogens is 1. The molecule has 2 heterocycles. The zero-order valence-corrected chi connectivity index (χ0v) is 13.0. The standard InChI is InChI=1S/C18H17N3S/c1-12(14-6-4-5-13-9-10-19-11-15(13)14)20-18-21-16-7-2-3-8-17(16)22-18/h2-8,19H,1,9-11H2,(H,20,21). The van der Waals surface area contributed by atoms with Crippen LogP contribution in [0.4, 0.5) is 5.13 Å². The summed E-state index contributed by atoms with van der Waals surface area (Å²) in [5.41, 5.74) is 5.90. The SMILES string of the molecule is C=C(Nc1nc2ccccc2s1)c1cccc2c1CNCC2. The van der Waals surface area contributed by atoms with E-state index >= 15 is 0 Å². The Hall–Kier alpha value is -2.17. The maximum atomic E-state index is 4.62. The Morgan fingerprint density at radius 1 is 1.18 bits per heavy atom. The molecule has 2 N–H and O–H groups in total.